The van der Waals surface area contributed by atoms with E-state index in [1.807, 2.05) is 31.4 Å². The minimum Gasteiger partial charge on any atom is -0.354 e. The first-order valence-corrected chi connectivity index (χ1v) is 10.2. The van der Waals surface area contributed by atoms with Crippen molar-refractivity contribution in [2.75, 3.05) is 36.4 Å². The third kappa shape index (κ3) is 4.10. The van der Waals surface area contributed by atoms with Gasteiger partial charge in [0.25, 0.3) is 5.91 Å². The third-order valence-corrected chi connectivity index (χ3v) is 5.37. The van der Waals surface area contributed by atoms with Crippen molar-refractivity contribution in [3.8, 4) is 11.1 Å². The molecule has 0 unspecified atom stereocenters. The summed E-state index contributed by atoms with van der Waals surface area (Å²) in [7, 11) is 1.87. The van der Waals surface area contributed by atoms with Crippen LogP contribution in [0.3, 0.4) is 0 Å². The normalized spacial score (nSPS) is 14.5. The van der Waals surface area contributed by atoms with Gasteiger partial charge in [-0.25, -0.2) is 9.97 Å². The second-order valence-corrected chi connectivity index (χ2v) is 7.55. The number of piperazine rings is 1. The molecule has 0 saturated carbocycles. The number of nitrogens with zero attached hydrogens (tertiary/aromatic N) is 5. The van der Waals surface area contributed by atoms with Crippen molar-refractivity contribution in [1.29, 1.82) is 0 Å². The second-order valence-electron chi connectivity index (χ2n) is 7.55. The van der Waals surface area contributed by atoms with E-state index in [4.69, 9.17) is 1.37 Å². The number of fused-ring (bicyclic) bond motifs is 1. The molecule has 0 bridgehead atoms. The lowest BCUT2D eigenvalue weighted by Gasteiger charge is -2.28. The Bertz CT molecular complexity index is 1300. The van der Waals surface area contributed by atoms with Crippen LogP contribution in [-0.2, 0) is 7.05 Å². The smallest absolute Gasteiger partial charge is 0.257 e. The molecule has 31 heavy (non-hydrogen) atoms. The van der Waals surface area contributed by atoms with Crippen molar-refractivity contribution in [3.05, 3.63) is 66.7 Å². The van der Waals surface area contributed by atoms with E-state index in [0.717, 1.165) is 53.9 Å². The number of benzene rings is 1. The Morgan fingerprint density at radius 2 is 1.97 bits per heavy atom. The molecular weight excluding hydrogens is 390 g/mol. The Balaban J connectivity index is 1.41. The molecule has 8 nitrogen and oxygen atoms in total. The SMILES string of the molecule is [2H]c1nc(NC(=O)c2ccnc(N3CCNCC3)c2)cc2cc(-c3cnn(C)c3)ccc12. The zero-order valence-corrected chi connectivity index (χ0v) is 17.2. The summed E-state index contributed by atoms with van der Waals surface area (Å²) in [6.07, 6.45) is 5.50. The lowest BCUT2D eigenvalue weighted by Crippen LogP contribution is -2.43. The summed E-state index contributed by atoms with van der Waals surface area (Å²) >= 11 is 0. The fourth-order valence-electron chi connectivity index (χ4n) is 3.71. The van der Waals surface area contributed by atoms with E-state index < -0.39 is 0 Å². The molecule has 8 heteroatoms. The van der Waals surface area contributed by atoms with Crippen molar-refractivity contribution in [3.63, 3.8) is 0 Å². The van der Waals surface area contributed by atoms with Crippen molar-refractivity contribution >= 4 is 28.3 Å². The number of pyridine rings is 2. The van der Waals surface area contributed by atoms with Gasteiger partial charge >= 0.3 is 0 Å². The number of amides is 1. The molecule has 0 aliphatic carbocycles. The number of aromatic nitrogens is 4. The average molecular weight is 414 g/mol. The third-order valence-electron chi connectivity index (χ3n) is 5.37. The van der Waals surface area contributed by atoms with E-state index >= 15 is 0 Å². The predicted molar refractivity (Wildman–Crippen MR) is 121 cm³/mol. The molecule has 1 amide bonds. The van der Waals surface area contributed by atoms with Crippen LogP contribution in [0.1, 0.15) is 11.7 Å². The van der Waals surface area contributed by atoms with Gasteiger partial charge in [0, 0.05) is 68.3 Å². The molecule has 0 atom stereocenters. The molecule has 0 radical (unpaired) electrons. The summed E-state index contributed by atoms with van der Waals surface area (Å²) in [5.74, 6) is 0.850. The number of hydrogen-bond acceptors (Lipinski definition) is 6. The zero-order chi connectivity index (χ0) is 22.1. The highest BCUT2D eigenvalue weighted by molar-refractivity contribution is 6.05. The Morgan fingerprint density at radius 3 is 2.77 bits per heavy atom. The minimum atomic E-state index is -0.279. The van der Waals surface area contributed by atoms with Crippen molar-refractivity contribution in [1.82, 2.24) is 25.1 Å². The van der Waals surface area contributed by atoms with Crippen LogP contribution in [0.5, 0.6) is 0 Å². The number of anilines is 2. The van der Waals surface area contributed by atoms with Crippen LogP contribution >= 0.6 is 0 Å². The molecule has 4 heterocycles. The van der Waals surface area contributed by atoms with E-state index in [2.05, 4.69) is 30.6 Å². The molecule has 1 fully saturated rings. The van der Waals surface area contributed by atoms with Gasteiger partial charge in [0.2, 0.25) is 0 Å². The highest BCUT2D eigenvalue weighted by Crippen LogP contribution is 2.25. The number of carbonyl (C=O) groups is 1. The summed E-state index contributed by atoms with van der Waals surface area (Å²) < 4.78 is 10.0. The van der Waals surface area contributed by atoms with Gasteiger partial charge in [-0.15, -0.1) is 0 Å². The molecule has 2 N–H and O–H groups in total. The van der Waals surface area contributed by atoms with Crippen LogP contribution in [-0.4, -0.2) is 51.8 Å². The molecule has 4 aromatic rings. The fraction of sp³-hybridized carbons (Fsp3) is 0.217. The van der Waals surface area contributed by atoms with Crippen LogP contribution in [0, 0.1) is 0 Å². The Labute approximate surface area is 181 Å². The first-order valence-electron chi connectivity index (χ1n) is 10.7. The van der Waals surface area contributed by atoms with Crippen molar-refractivity contribution < 1.29 is 6.17 Å². The maximum absolute atomic E-state index is 12.9. The lowest BCUT2D eigenvalue weighted by molar-refractivity contribution is 0.102. The van der Waals surface area contributed by atoms with E-state index in [1.165, 1.54) is 0 Å². The first kappa shape index (κ1) is 18.0. The molecule has 1 aliphatic heterocycles. The van der Waals surface area contributed by atoms with Crippen LogP contribution in [0.15, 0.2) is 61.2 Å². The van der Waals surface area contributed by atoms with E-state index in [-0.39, 0.29) is 12.1 Å². The molecule has 1 aliphatic rings. The van der Waals surface area contributed by atoms with Gasteiger partial charge in [-0.05, 0) is 35.2 Å². The van der Waals surface area contributed by atoms with Gasteiger partial charge in [0.15, 0.2) is 0 Å². The van der Waals surface area contributed by atoms with Gasteiger partial charge in [-0.1, -0.05) is 12.1 Å². The molecule has 1 aromatic carbocycles. The van der Waals surface area contributed by atoms with E-state index in [1.54, 1.807) is 35.3 Å². The van der Waals surface area contributed by atoms with Gasteiger partial charge in [0.1, 0.15) is 11.6 Å². The summed E-state index contributed by atoms with van der Waals surface area (Å²) in [5, 5.41) is 11.9. The van der Waals surface area contributed by atoms with E-state index in [0.29, 0.717) is 11.4 Å². The molecule has 3 aromatic heterocycles. The highest BCUT2D eigenvalue weighted by atomic mass is 16.1. The number of carbonyl (C=O) groups excluding carboxylic acids is 1. The Morgan fingerprint density at radius 1 is 1.10 bits per heavy atom. The Hall–Kier alpha value is -3.78. The second kappa shape index (κ2) is 8.16. The molecule has 5 rings (SSSR count). The maximum atomic E-state index is 12.9. The minimum absolute atomic E-state index is 0.117. The maximum Gasteiger partial charge on any atom is 0.257 e. The summed E-state index contributed by atoms with van der Waals surface area (Å²) in [6.45, 7) is 3.50. The van der Waals surface area contributed by atoms with Gasteiger partial charge < -0.3 is 15.5 Å². The zero-order valence-electron chi connectivity index (χ0n) is 18.2. The highest BCUT2D eigenvalue weighted by Gasteiger charge is 2.14. The quantitative estimate of drug-likeness (QED) is 0.534. The van der Waals surface area contributed by atoms with Crippen molar-refractivity contribution in [2.24, 2.45) is 7.05 Å². The number of nitrogens with one attached hydrogen (secondary N) is 2. The molecule has 1 saturated heterocycles. The summed E-state index contributed by atoms with van der Waals surface area (Å²) in [5.41, 5.74) is 2.48. The monoisotopic (exact) mass is 414 g/mol. The fourth-order valence-corrected chi connectivity index (χ4v) is 3.71. The van der Waals surface area contributed by atoms with Crippen LogP contribution in [0.2, 0.25) is 0 Å². The van der Waals surface area contributed by atoms with Gasteiger partial charge in [-0.2, -0.15) is 5.10 Å². The van der Waals surface area contributed by atoms with Crippen LogP contribution in [0.25, 0.3) is 21.9 Å². The van der Waals surface area contributed by atoms with Crippen molar-refractivity contribution in [2.45, 2.75) is 0 Å². The van der Waals surface area contributed by atoms with Gasteiger partial charge in [-0.3, -0.25) is 9.48 Å². The molecule has 156 valence electrons. The number of hydrogen-bond donors (Lipinski definition) is 2. The van der Waals surface area contributed by atoms with Crippen LogP contribution < -0.4 is 15.5 Å². The van der Waals surface area contributed by atoms with Gasteiger partial charge in [0.05, 0.1) is 7.57 Å². The van der Waals surface area contributed by atoms with E-state index in [9.17, 15) is 4.79 Å². The standard InChI is InChI=1S/C23H23N7O/c1-29-15-20(14-27-29)16-2-3-18-13-26-21(11-19(18)10-16)28-23(31)17-4-5-25-22(12-17)30-8-6-24-7-9-30/h2-5,10-15,24H,6-9H2,1H3,(H,26,28,31)/i13D. The summed E-state index contributed by atoms with van der Waals surface area (Å²) in [6, 6.07) is 11.1. The average Bonchev–Trinajstić information content (AvgIpc) is 3.26. The predicted octanol–water partition coefficient (Wildman–Crippen LogP) is 2.69. The number of aryl methyl sites for hydroxylation is 1. The summed E-state index contributed by atoms with van der Waals surface area (Å²) in [4.78, 5) is 23.7. The molecular formula is C23H23N7O. The van der Waals surface area contributed by atoms with Crippen LogP contribution in [0.4, 0.5) is 11.6 Å². The Kier molecular flexibility index (Phi) is 4.74. The topological polar surface area (TPSA) is 88.0 Å². The molecule has 0 spiro atoms. The number of rotatable bonds is 4. The first-order chi connectivity index (χ1) is 15.6. The largest absolute Gasteiger partial charge is 0.354 e. The lowest BCUT2D eigenvalue weighted by atomic mass is 10.1.